The van der Waals surface area contributed by atoms with E-state index >= 15 is 0 Å². The predicted molar refractivity (Wildman–Crippen MR) is 72.6 cm³/mol. The maximum Gasteiger partial charge on any atom is 0.303 e. The molecule has 104 valence electrons. The third kappa shape index (κ3) is 8.68. The maximum absolute atomic E-state index is 10.2. The van der Waals surface area contributed by atoms with Crippen molar-refractivity contribution in [3.05, 3.63) is 35.4 Å². The van der Waals surface area contributed by atoms with Crippen molar-refractivity contribution in [1.82, 2.24) is 5.32 Å². The van der Waals surface area contributed by atoms with Crippen LogP contribution < -0.4 is 5.32 Å². The number of carboxylic acid groups (broad SMARTS) is 1. The van der Waals surface area contributed by atoms with Crippen LogP contribution >= 0.6 is 0 Å². The first-order valence-electron chi connectivity index (χ1n) is 6.01. The van der Waals surface area contributed by atoms with Crippen LogP contribution in [0, 0.1) is 0 Å². The van der Waals surface area contributed by atoms with Crippen LogP contribution in [0.3, 0.4) is 0 Å². The minimum absolute atomic E-state index is 0.293. The van der Waals surface area contributed by atoms with Crippen LogP contribution in [0.25, 0.3) is 0 Å². The summed E-state index contributed by atoms with van der Waals surface area (Å²) in [5, 5.41) is 11.1. The SMILES string of the molecule is CNCCCCC(=O)O.O=Cc1ccccc1C=O. The highest BCUT2D eigenvalue weighted by Crippen LogP contribution is 2.01. The Bertz CT molecular complexity index is 377. The minimum atomic E-state index is -0.703. The summed E-state index contributed by atoms with van der Waals surface area (Å²) in [5.74, 6) is -0.703. The summed E-state index contributed by atoms with van der Waals surface area (Å²) in [6.07, 6.45) is 3.36. The van der Waals surface area contributed by atoms with E-state index in [2.05, 4.69) is 5.32 Å². The number of rotatable bonds is 7. The van der Waals surface area contributed by atoms with Gasteiger partial charge < -0.3 is 10.4 Å². The van der Waals surface area contributed by atoms with Crippen molar-refractivity contribution in [3.8, 4) is 0 Å². The molecule has 0 bridgehead atoms. The molecule has 19 heavy (non-hydrogen) atoms. The van der Waals surface area contributed by atoms with Gasteiger partial charge in [-0.1, -0.05) is 24.3 Å². The second kappa shape index (κ2) is 11.1. The first-order valence-corrected chi connectivity index (χ1v) is 6.01. The van der Waals surface area contributed by atoms with Crippen LogP contribution in [-0.2, 0) is 4.79 Å². The Morgan fingerprint density at radius 2 is 1.68 bits per heavy atom. The monoisotopic (exact) mass is 265 g/mol. The van der Waals surface area contributed by atoms with Gasteiger partial charge in [0.15, 0.2) is 12.6 Å². The summed E-state index contributed by atoms with van der Waals surface area (Å²) in [4.78, 5) is 30.4. The molecule has 0 saturated carbocycles. The summed E-state index contributed by atoms with van der Waals surface area (Å²) in [6, 6.07) is 6.65. The number of carbonyl (C=O) groups excluding carboxylic acids is 2. The molecule has 0 aliphatic rings. The number of aliphatic carboxylic acids is 1. The number of carbonyl (C=O) groups is 3. The van der Waals surface area contributed by atoms with Crippen molar-refractivity contribution < 1.29 is 19.5 Å². The average molecular weight is 265 g/mol. The van der Waals surface area contributed by atoms with Gasteiger partial charge in [0.25, 0.3) is 0 Å². The van der Waals surface area contributed by atoms with Crippen LogP contribution in [0.4, 0.5) is 0 Å². The number of hydrogen-bond donors (Lipinski definition) is 2. The third-order valence-corrected chi connectivity index (χ3v) is 2.32. The van der Waals surface area contributed by atoms with E-state index < -0.39 is 5.97 Å². The van der Waals surface area contributed by atoms with Gasteiger partial charge in [-0.15, -0.1) is 0 Å². The van der Waals surface area contributed by atoms with Crippen LogP contribution in [0.5, 0.6) is 0 Å². The van der Waals surface area contributed by atoms with E-state index in [1.165, 1.54) is 0 Å². The molecule has 0 unspecified atom stereocenters. The quantitative estimate of drug-likeness (QED) is 0.580. The normalized spacial score (nSPS) is 9.11. The van der Waals surface area contributed by atoms with Gasteiger partial charge in [0, 0.05) is 17.5 Å². The van der Waals surface area contributed by atoms with E-state index in [0.717, 1.165) is 19.4 Å². The van der Waals surface area contributed by atoms with Crippen molar-refractivity contribution in [1.29, 1.82) is 0 Å². The fraction of sp³-hybridized carbons (Fsp3) is 0.357. The van der Waals surface area contributed by atoms with Gasteiger partial charge in [0.2, 0.25) is 0 Å². The Balaban J connectivity index is 0.000000344. The second-order valence-corrected chi connectivity index (χ2v) is 3.82. The molecule has 0 fully saturated rings. The lowest BCUT2D eigenvalue weighted by Crippen LogP contribution is -2.07. The largest absolute Gasteiger partial charge is 0.481 e. The number of nitrogens with one attached hydrogen (secondary N) is 1. The molecule has 1 aromatic carbocycles. The number of unbranched alkanes of at least 4 members (excludes halogenated alkanes) is 1. The van der Waals surface area contributed by atoms with Crippen LogP contribution in [0.15, 0.2) is 24.3 Å². The summed E-state index contributed by atoms with van der Waals surface area (Å²) >= 11 is 0. The lowest BCUT2D eigenvalue weighted by atomic mass is 10.1. The molecule has 0 amide bonds. The number of carboxylic acids is 1. The molecule has 0 atom stereocenters. The third-order valence-electron chi connectivity index (χ3n) is 2.32. The molecule has 0 heterocycles. The van der Waals surface area contributed by atoms with E-state index in [1.807, 2.05) is 7.05 Å². The molecule has 0 aliphatic heterocycles. The predicted octanol–water partition coefficient (Wildman–Crippen LogP) is 1.77. The zero-order valence-corrected chi connectivity index (χ0v) is 11.0. The van der Waals surface area contributed by atoms with Gasteiger partial charge in [-0.2, -0.15) is 0 Å². The smallest absolute Gasteiger partial charge is 0.303 e. The van der Waals surface area contributed by atoms with Gasteiger partial charge in [-0.05, 0) is 26.4 Å². The molecule has 1 aromatic rings. The average Bonchev–Trinajstić information content (AvgIpc) is 2.44. The maximum atomic E-state index is 10.2. The van der Waals surface area contributed by atoms with E-state index in [9.17, 15) is 14.4 Å². The van der Waals surface area contributed by atoms with E-state index in [4.69, 9.17) is 5.11 Å². The van der Waals surface area contributed by atoms with Gasteiger partial charge in [-0.25, -0.2) is 0 Å². The highest BCUT2D eigenvalue weighted by Gasteiger charge is 1.95. The molecule has 0 radical (unpaired) electrons. The molecule has 0 aromatic heterocycles. The van der Waals surface area contributed by atoms with Gasteiger partial charge in [0.1, 0.15) is 0 Å². The van der Waals surface area contributed by atoms with Crippen molar-refractivity contribution in [2.75, 3.05) is 13.6 Å². The fourth-order valence-electron chi connectivity index (χ4n) is 1.30. The Hall–Kier alpha value is -2.01. The zero-order valence-electron chi connectivity index (χ0n) is 11.0. The molecule has 0 aliphatic carbocycles. The topological polar surface area (TPSA) is 83.5 Å². The summed E-state index contributed by atoms with van der Waals surface area (Å²) < 4.78 is 0. The van der Waals surface area contributed by atoms with Crippen molar-refractivity contribution in [2.24, 2.45) is 0 Å². The Morgan fingerprint density at radius 1 is 1.16 bits per heavy atom. The summed E-state index contributed by atoms with van der Waals surface area (Å²) in [5.41, 5.74) is 0.884. The molecule has 1 rings (SSSR count). The number of hydrogen-bond acceptors (Lipinski definition) is 4. The summed E-state index contributed by atoms with van der Waals surface area (Å²) in [6.45, 7) is 0.910. The second-order valence-electron chi connectivity index (χ2n) is 3.82. The van der Waals surface area contributed by atoms with E-state index in [1.54, 1.807) is 24.3 Å². The number of aldehydes is 2. The zero-order chi connectivity index (χ0) is 14.5. The molecule has 2 N–H and O–H groups in total. The lowest BCUT2D eigenvalue weighted by molar-refractivity contribution is -0.137. The lowest BCUT2D eigenvalue weighted by Gasteiger charge is -1.94. The highest BCUT2D eigenvalue weighted by molar-refractivity contribution is 5.89. The molecular formula is C14H19NO4. The molecule has 0 saturated heterocycles. The van der Waals surface area contributed by atoms with Gasteiger partial charge >= 0.3 is 5.97 Å². The van der Waals surface area contributed by atoms with Crippen molar-refractivity contribution >= 4 is 18.5 Å². The van der Waals surface area contributed by atoms with E-state index in [0.29, 0.717) is 30.1 Å². The minimum Gasteiger partial charge on any atom is -0.481 e. The Kier molecular flexibility index (Phi) is 9.93. The molecule has 5 heteroatoms. The molecule has 5 nitrogen and oxygen atoms in total. The highest BCUT2D eigenvalue weighted by atomic mass is 16.4. The Morgan fingerprint density at radius 3 is 2.05 bits per heavy atom. The van der Waals surface area contributed by atoms with Gasteiger partial charge in [-0.3, -0.25) is 14.4 Å². The van der Waals surface area contributed by atoms with Gasteiger partial charge in [0.05, 0.1) is 0 Å². The summed E-state index contributed by atoms with van der Waals surface area (Å²) in [7, 11) is 1.86. The van der Waals surface area contributed by atoms with Crippen molar-refractivity contribution in [3.63, 3.8) is 0 Å². The molecular weight excluding hydrogens is 246 g/mol. The molecule has 0 spiro atoms. The van der Waals surface area contributed by atoms with Crippen LogP contribution in [-0.4, -0.2) is 37.2 Å². The van der Waals surface area contributed by atoms with Crippen molar-refractivity contribution in [2.45, 2.75) is 19.3 Å². The van der Waals surface area contributed by atoms with E-state index in [-0.39, 0.29) is 0 Å². The first kappa shape index (κ1) is 17.0. The van der Waals surface area contributed by atoms with Crippen LogP contribution in [0.1, 0.15) is 40.0 Å². The number of benzene rings is 1. The fourth-order valence-corrected chi connectivity index (χ4v) is 1.30. The first-order chi connectivity index (χ1) is 9.15. The standard InChI is InChI=1S/C8H6O2.C6H13NO2/c9-5-7-3-1-2-4-8(7)6-10;1-7-5-3-2-4-6(8)9/h1-6H;7H,2-5H2,1H3,(H,8,9). The van der Waals surface area contributed by atoms with Crippen LogP contribution in [0.2, 0.25) is 0 Å². The Labute approximate surface area is 112 Å².